The summed E-state index contributed by atoms with van der Waals surface area (Å²) in [6.07, 6.45) is 13.9. The third kappa shape index (κ3) is 9.28. The van der Waals surface area contributed by atoms with E-state index in [-0.39, 0.29) is 0 Å². The second-order valence-electron chi connectivity index (χ2n) is 2.92. The molecule has 1 nitrogen and oxygen atoms in total. The first-order valence-electron chi connectivity index (χ1n) is 4.83. The van der Waals surface area contributed by atoms with Gasteiger partial charge in [-0.2, -0.15) is 0 Å². The predicted molar refractivity (Wildman–Crippen MR) is 52.3 cm³/mol. The molecule has 12 heavy (non-hydrogen) atoms. The Morgan fingerprint density at radius 1 is 0.917 bits per heavy atom. The summed E-state index contributed by atoms with van der Waals surface area (Å²) in [5.74, 6) is 0. The molecule has 0 rings (SSSR count). The summed E-state index contributed by atoms with van der Waals surface area (Å²) >= 11 is 0. The van der Waals surface area contributed by atoms with E-state index in [0.29, 0.717) is 0 Å². The summed E-state index contributed by atoms with van der Waals surface area (Å²) in [5.41, 5.74) is 0. The highest BCUT2D eigenvalue weighted by atomic mass is 16.2. The average molecular weight is 167 g/mol. The van der Waals surface area contributed by atoms with Crippen LogP contribution in [0.4, 0.5) is 0 Å². The van der Waals surface area contributed by atoms with Gasteiger partial charge in [0.25, 0.3) is 0 Å². The standard InChI is InChI=1S/C11H19O/c1-2-3-4-5-6-7-8-9-10-11-12/h6-7,10-11H,2-5,8-9H2,1H3. The molecular formula is C11H19O. The average Bonchev–Trinajstić information content (AvgIpc) is 2.10. The van der Waals surface area contributed by atoms with Crippen LogP contribution in [0.3, 0.4) is 0 Å². The van der Waals surface area contributed by atoms with Gasteiger partial charge in [0, 0.05) is 0 Å². The Morgan fingerprint density at radius 3 is 2.25 bits per heavy atom. The van der Waals surface area contributed by atoms with E-state index >= 15 is 0 Å². The van der Waals surface area contributed by atoms with E-state index in [4.69, 9.17) is 0 Å². The van der Waals surface area contributed by atoms with Crippen molar-refractivity contribution in [3.63, 3.8) is 0 Å². The van der Waals surface area contributed by atoms with Gasteiger partial charge in [0.15, 0.2) is 0 Å². The Balaban J connectivity index is 3.03. The fourth-order valence-electron chi connectivity index (χ4n) is 1.01. The van der Waals surface area contributed by atoms with Crippen LogP contribution in [0.1, 0.15) is 45.4 Å². The lowest BCUT2D eigenvalue weighted by Gasteiger charge is -1.91. The fourth-order valence-corrected chi connectivity index (χ4v) is 1.01. The zero-order valence-electron chi connectivity index (χ0n) is 7.96. The Kier molecular flexibility index (Phi) is 9.66. The van der Waals surface area contributed by atoms with Gasteiger partial charge in [-0.3, -0.25) is 5.11 Å². The van der Waals surface area contributed by atoms with E-state index in [1.165, 1.54) is 25.7 Å². The first-order valence-corrected chi connectivity index (χ1v) is 4.83. The van der Waals surface area contributed by atoms with E-state index < -0.39 is 0 Å². The van der Waals surface area contributed by atoms with Crippen molar-refractivity contribution in [3.8, 4) is 0 Å². The molecule has 0 aliphatic carbocycles. The molecule has 0 amide bonds. The molecule has 0 spiro atoms. The minimum atomic E-state index is 0.866. The molecule has 0 aromatic rings. The van der Waals surface area contributed by atoms with Gasteiger partial charge in [-0.05, 0) is 31.8 Å². The van der Waals surface area contributed by atoms with Crippen LogP contribution in [-0.2, 0) is 5.11 Å². The highest BCUT2D eigenvalue weighted by molar-refractivity contribution is 4.84. The van der Waals surface area contributed by atoms with Gasteiger partial charge < -0.3 is 0 Å². The Morgan fingerprint density at radius 2 is 1.58 bits per heavy atom. The van der Waals surface area contributed by atoms with Crippen LogP contribution in [0, 0.1) is 0 Å². The Labute approximate surface area is 75.8 Å². The molecule has 0 unspecified atom stereocenters. The summed E-state index contributed by atoms with van der Waals surface area (Å²) in [5, 5.41) is 9.90. The van der Waals surface area contributed by atoms with Gasteiger partial charge >= 0.3 is 0 Å². The van der Waals surface area contributed by atoms with E-state index in [1.807, 2.05) is 0 Å². The van der Waals surface area contributed by atoms with Crippen LogP contribution in [0.25, 0.3) is 0 Å². The Bertz CT molecular complexity index is 125. The maximum atomic E-state index is 9.90. The summed E-state index contributed by atoms with van der Waals surface area (Å²) < 4.78 is 0. The molecular weight excluding hydrogens is 148 g/mol. The van der Waals surface area contributed by atoms with Gasteiger partial charge in [-0.25, -0.2) is 0 Å². The highest BCUT2D eigenvalue weighted by Crippen LogP contribution is 2.01. The van der Waals surface area contributed by atoms with Gasteiger partial charge in [-0.15, -0.1) is 0 Å². The van der Waals surface area contributed by atoms with E-state index in [2.05, 4.69) is 19.1 Å². The van der Waals surface area contributed by atoms with Gasteiger partial charge in [0.2, 0.25) is 0 Å². The number of hydrogen-bond acceptors (Lipinski definition) is 0. The predicted octanol–water partition coefficient (Wildman–Crippen LogP) is 3.85. The first-order chi connectivity index (χ1) is 5.91. The second kappa shape index (κ2) is 10.3. The smallest absolute Gasteiger partial charge is 0.138 e. The lowest BCUT2D eigenvalue weighted by molar-refractivity contribution is 0.350. The van der Waals surface area contributed by atoms with Crippen LogP contribution in [0.5, 0.6) is 0 Å². The van der Waals surface area contributed by atoms with Gasteiger partial charge in [0.05, 0.1) is 0 Å². The fraction of sp³-hybridized carbons (Fsp3) is 0.636. The van der Waals surface area contributed by atoms with E-state index in [1.54, 1.807) is 6.08 Å². The zero-order chi connectivity index (χ0) is 9.07. The minimum Gasteiger partial charge on any atom is -0.299 e. The number of allylic oxidation sites excluding steroid dienone is 3. The molecule has 0 aromatic heterocycles. The van der Waals surface area contributed by atoms with Crippen molar-refractivity contribution in [3.05, 3.63) is 24.5 Å². The van der Waals surface area contributed by atoms with Crippen LogP contribution < -0.4 is 0 Å². The van der Waals surface area contributed by atoms with Crippen molar-refractivity contribution >= 4 is 0 Å². The third-order valence-corrected chi connectivity index (χ3v) is 1.74. The van der Waals surface area contributed by atoms with Crippen LogP contribution >= 0.6 is 0 Å². The lowest BCUT2D eigenvalue weighted by atomic mass is 10.2. The van der Waals surface area contributed by atoms with E-state index in [9.17, 15) is 5.11 Å². The third-order valence-electron chi connectivity index (χ3n) is 1.74. The maximum Gasteiger partial charge on any atom is 0.138 e. The molecule has 0 saturated heterocycles. The molecule has 0 aromatic carbocycles. The minimum absolute atomic E-state index is 0.866. The monoisotopic (exact) mass is 167 g/mol. The maximum absolute atomic E-state index is 9.90. The zero-order valence-corrected chi connectivity index (χ0v) is 7.96. The quantitative estimate of drug-likeness (QED) is 0.312. The summed E-state index contributed by atoms with van der Waals surface area (Å²) in [7, 11) is 0. The van der Waals surface area contributed by atoms with Crippen LogP contribution in [0.2, 0.25) is 0 Å². The summed E-state index contributed by atoms with van der Waals surface area (Å²) in [6, 6.07) is 0. The first kappa shape index (κ1) is 11.3. The molecule has 0 N–H and O–H groups in total. The molecule has 0 atom stereocenters. The van der Waals surface area contributed by atoms with E-state index in [0.717, 1.165) is 19.1 Å². The molecule has 0 heterocycles. The molecule has 0 aliphatic rings. The topological polar surface area (TPSA) is 19.9 Å². The summed E-state index contributed by atoms with van der Waals surface area (Å²) in [6.45, 7) is 2.21. The number of rotatable bonds is 7. The van der Waals surface area contributed by atoms with Crippen LogP contribution in [-0.4, -0.2) is 0 Å². The molecule has 1 radical (unpaired) electrons. The van der Waals surface area contributed by atoms with Crippen molar-refractivity contribution in [2.75, 3.05) is 0 Å². The second-order valence-corrected chi connectivity index (χ2v) is 2.92. The largest absolute Gasteiger partial charge is 0.299 e. The molecule has 1 heteroatoms. The molecule has 0 fully saturated rings. The van der Waals surface area contributed by atoms with Crippen molar-refractivity contribution in [2.45, 2.75) is 45.4 Å². The number of unbranched alkanes of at least 4 members (excludes halogenated alkanes) is 4. The van der Waals surface area contributed by atoms with Crippen LogP contribution in [0.15, 0.2) is 24.5 Å². The van der Waals surface area contributed by atoms with Crippen molar-refractivity contribution < 1.29 is 5.11 Å². The van der Waals surface area contributed by atoms with Crippen molar-refractivity contribution in [1.29, 1.82) is 0 Å². The normalized spacial score (nSPS) is 11.8. The lowest BCUT2D eigenvalue weighted by Crippen LogP contribution is -1.71. The van der Waals surface area contributed by atoms with Gasteiger partial charge in [0.1, 0.15) is 6.26 Å². The SMILES string of the molecule is CCCCCC=CCCC=C[O]. The summed E-state index contributed by atoms with van der Waals surface area (Å²) in [4.78, 5) is 0. The number of hydrogen-bond donors (Lipinski definition) is 0. The van der Waals surface area contributed by atoms with Crippen molar-refractivity contribution in [1.82, 2.24) is 0 Å². The molecule has 69 valence electrons. The molecule has 0 bridgehead atoms. The van der Waals surface area contributed by atoms with Crippen molar-refractivity contribution in [2.24, 2.45) is 0 Å². The molecule has 0 aliphatic heterocycles. The highest BCUT2D eigenvalue weighted by Gasteiger charge is 1.81. The van der Waals surface area contributed by atoms with Gasteiger partial charge in [-0.1, -0.05) is 31.9 Å². The molecule has 0 saturated carbocycles. The Hall–Kier alpha value is -0.720.